The third kappa shape index (κ3) is 3.58. The van der Waals surface area contributed by atoms with Gasteiger partial charge in [0, 0.05) is 13.6 Å². The number of likely N-dealkylation sites (N-methyl/N-ethyl adjacent to an activating group) is 1. The van der Waals surface area contributed by atoms with Crippen molar-refractivity contribution < 1.29 is 4.79 Å². The lowest BCUT2D eigenvalue weighted by Crippen LogP contribution is -2.40. The Morgan fingerprint density at radius 2 is 2.36 bits per heavy atom. The maximum Gasteiger partial charge on any atom is 0.238 e. The van der Waals surface area contributed by atoms with Gasteiger partial charge in [-0.15, -0.1) is 0 Å². The molecule has 0 unspecified atom stereocenters. The summed E-state index contributed by atoms with van der Waals surface area (Å²) in [6.45, 7) is 2.09. The highest BCUT2D eigenvalue weighted by molar-refractivity contribution is 5.80. The summed E-state index contributed by atoms with van der Waals surface area (Å²) in [6.07, 6.45) is 0.356. The SMILES string of the molecule is C[C@@H](N)C(=O)N(C)CCC#N. The van der Waals surface area contributed by atoms with Gasteiger partial charge in [-0.25, -0.2) is 0 Å². The minimum absolute atomic E-state index is 0.125. The van der Waals surface area contributed by atoms with Gasteiger partial charge in [-0.3, -0.25) is 4.79 Å². The molecule has 2 N–H and O–H groups in total. The van der Waals surface area contributed by atoms with Gasteiger partial charge < -0.3 is 10.6 Å². The van der Waals surface area contributed by atoms with E-state index in [1.807, 2.05) is 6.07 Å². The van der Waals surface area contributed by atoms with Gasteiger partial charge in [0.2, 0.25) is 5.91 Å². The number of hydrogen-bond acceptors (Lipinski definition) is 3. The fourth-order valence-corrected chi connectivity index (χ4v) is 0.676. The zero-order valence-corrected chi connectivity index (χ0v) is 6.87. The van der Waals surface area contributed by atoms with E-state index in [2.05, 4.69) is 0 Å². The molecule has 0 fully saturated rings. The number of nitriles is 1. The third-order valence-electron chi connectivity index (χ3n) is 1.32. The summed E-state index contributed by atoms with van der Waals surface area (Å²) >= 11 is 0. The largest absolute Gasteiger partial charge is 0.343 e. The Labute approximate surface area is 66.6 Å². The second-order valence-corrected chi connectivity index (χ2v) is 2.46. The van der Waals surface area contributed by atoms with E-state index >= 15 is 0 Å². The molecule has 11 heavy (non-hydrogen) atoms. The fraction of sp³-hybridized carbons (Fsp3) is 0.714. The van der Waals surface area contributed by atoms with Crippen LogP contribution in [0.5, 0.6) is 0 Å². The minimum atomic E-state index is -0.473. The van der Waals surface area contributed by atoms with Gasteiger partial charge in [0.25, 0.3) is 0 Å². The van der Waals surface area contributed by atoms with E-state index in [0.29, 0.717) is 13.0 Å². The van der Waals surface area contributed by atoms with E-state index in [-0.39, 0.29) is 5.91 Å². The second-order valence-electron chi connectivity index (χ2n) is 2.46. The highest BCUT2D eigenvalue weighted by Gasteiger charge is 2.11. The molecule has 4 nitrogen and oxygen atoms in total. The van der Waals surface area contributed by atoms with Gasteiger partial charge >= 0.3 is 0 Å². The van der Waals surface area contributed by atoms with Crippen LogP contribution in [0.15, 0.2) is 0 Å². The topological polar surface area (TPSA) is 70.1 Å². The molecule has 0 spiro atoms. The van der Waals surface area contributed by atoms with E-state index in [0.717, 1.165) is 0 Å². The van der Waals surface area contributed by atoms with Crippen molar-refractivity contribution >= 4 is 5.91 Å². The highest BCUT2D eigenvalue weighted by Crippen LogP contribution is 1.90. The van der Waals surface area contributed by atoms with Crippen LogP contribution >= 0.6 is 0 Å². The summed E-state index contributed by atoms with van der Waals surface area (Å²) in [7, 11) is 1.64. The number of hydrogen-bond donors (Lipinski definition) is 1. The Kier molecular flexibility index (Phi) is 4.23. The number of rotatable bonds is 3. The first-order chi connectivity index (χ1) is 5.09. The zero-order valence-electron chi connectivity index (χ0n) is 6.87. The number of amides is 1. The molecule has 0 aliphatic rings. The Bertz CT molecular complexity index is 171. The molecule has 0 aromatic heterocycles. The van der Waals surface area contributed by atoms with E-state index in [4.69, 9.17) is 11.0 Å². The molecule has 0 aliphatic heterocycles. The Balaban J connectivity index is 3.75. The van der Waals surface area contributed by atoms with E-state index in [1.165, 1.54) is 4.90 Å². The molecule has 0 aliphatic carbocycles. The second kappa shape index (κ2) is 4.69. The van der Waals surface area contributed by atoms with E-state index in [9.17, 15) is 4.79 Å². The molecule has 4 heteroatoms. The van der Waals surface area contributed by atoms with Gasteiger partial charge in [0.05, 0.1) is 18.5 Å². The van der Waals surface area contributed by atoms with E-state index < -0.39 is 6.04 Å². The monoisotopic (exact) mass is 155 g/mol. The van der Waals surface area contributed by atoms with Crippen molar-refractivity contribution in [1.82, 2.24) is 4.90 Å². The Hall–Kier alpha value is -1.08. The normalized spacial score (nSPS) is 11.8. The van der Waals surface area contributed by atoms with Crippen LogP contribution in [-0.2, 0) is 4.79 Å². The zero-order chi connectivity index (χ0) is 8.85. The smallest absolute Gasteiger partial charge is 0.238 e. The van der Waals surface area contributed by atoms with Crippen LogP contribution in [0.1, 0.15) is 13.3 Å². The molecule has 1 atom stereocenters. The van der Waals surface area contributed by atoms with Crippen LogP contribution in [0.2, 0.25) is 0 Å². The molecular formula is C7H13N3O. The number of carbonyl (C=O) groups is 1. The molecule has 0 aromatic rings. The standard InChI is InChI=1S/C7H13N3O/c1-6(9)7(11)10(2)5-3-4-8/h6H,3,5,9H2,1-2H3/t6-/m1/s1. The molecule has 0 heterocycles. The van der Waals surface area contributed by atoms with Crippen molar-refractivity contribution in [3.8, 4) is 6.07 Å². The van der Waals surface area contributed by atoms with Crippen molar-refractivity contribution in [3.05, 3.63) is 0 Å². The maximum atomic E-state index is 11.0. The van der Waals surface area contributed by atoms with Gasteiger partial charge in [-0.1, -0.05) is 0 Å². The molecule has 62 valence electrons. The summed E-state index contributed by atoms with van der Waals surface area (Å²) in [6, 6.07) is 1.48. The van der Waals surface area contributed by atoms with Crippen molar-refractivity contribution in [2.45, 2.75) is 19.4 Å². The lowest BCUT2D eigenvalue weighted by molar-refractivity contribution is -0.130. The molecule has 0 saturated heterocycles. The first-order valence-corrected chi connectivity index (χ1v) is 3.47. The van der Waals surface area contributed by atoms with Crippen molar-refractivity contribution in [2.24, 2.45) is 5.73 Å². The van der Waals surface area contributed by atoms with Crippen LogP contribution in [0, 0.1) is 11.3 Å². The van der Waals surface area contributed by atoms with Crippen LogP contribution in [0.3, 0.4) is 0 Å². The van der Waals surface area contributed by atoms with Crippen molar-refractivity contribution in [1.29, 1.82) is 5.26 Å². The molecule has 1 amide bonds. The average molecular weight is 155 g/mol. The number of nitrogens with two attached hydrogens (primary N) is 1. The van der Waals surface area contributed by atoms with Gasteiger partial charge in [-0.2, -0.15) is 5.26 Å². The predicted octanol–water partition coefficient (Wildman–Crippen LogP) is -0.294. The van der Waals surface area contributed by atoms with Crippen LogP contribution in [0.25, 0.3) is 0 Å². The van der Waals surface area contributed by atoms with Crippen molar-refractivity contribution in [3.63, 3.8) is 0 Å². The first kappa shape index (κ1) is 9.92. The summed E-state index contributed by atoms with van der Waals surface area (Å²) in [5, 5.41) is 8.22. The molecule has 0 radical (unpaired) electrons. The van der Waals surface area contributed by atoms with Crippen LogP contribution in [0.4, 0.5) is 0 Å². The van der Waals surface area contributed by atoms with Gasteiger partial charge in [0.15, 0.2) is 0 Å². The summed E-state index contributed by atoms with van der Waals surface area (Å²) < 4.78 is 0. The Morgan fingerprint density at radius 1 is 1.82 bits per heavy atom. The molecule has 0 bridgehead atoms. The Morgan fingerprint density at radius 3 is 2.73 bits per heavy atom. The molecule has 0 rings (SSSR count). The highest BCUT2D eigenvalue weighted by atomic mass is 16.2. The van der Waals surface area contributed by atoms with Gasteiger partial charge in [-0.05, 0) is 6.92 Å². The lowest BCUT2D eigenvalue weighted by atomic mass is 10.3. The minimum Gasteiger partial charge on any atom is -0.343 e. The van der Waals surface area contributed by atoms with Crippen LogP contribution < -0.4 is 5.73 Å². The summed E-state index contributed by atoms with van der Waals surface area (Å²) in [4.78, 5) is 12.5. The molecular weight excluding hydrogens is 142 g/mol. The van der Waals surface area contributed by atoms with Crippen LogP contribution in [-0.4, -0.2) is 30.4 Å². The molecule has 0 saturated carbocycles. The quantitative estimate of drug-likeness (QED) is 0.608. The van der Waals surface area contributed by atoms with Gasteiger partial charge in [0.1, 0.15) is 0 Å². The number of nitrogens with zero attached hydrogens (tertiary/aromatic N) is 2. The predicted molar refractivity (Wildman–Crippen MR) is 41.5 cm³/mol. The first-order valence-electron chi connectivity index (χ1n) is 3.47. The average Bonchev–Trinajstić information content (AvgIpc) is 1.98. The molecule has 0 aromatic carbocycles. The lowest BCUT2D eigenvalue weighted by Gasteiger charge is -2.17. The number of carbonyl (C=O) groups excluding carboxylic acids is 1. The summed E-state index contributed by atoms with van der Waals surface area (Å²) in [5.74, 6) is -0.125. The summed E-state index contributed by atoms with van der Waals surface area (Å²) in [5.41, 5.74) is 5.33. The third-order valence-corrected chi connectivity index (χ3v) is 1.32. The maximum absolute atomic E-state index is 11.0. The fourth-order valence-electron chi connectivity index (χ4n) is 0.676. The van der Waals surface area contributed by atoms with Crippen molar-refractivity contribution in [2.75, 3.05) is 13.6 Å². The van der Waals surface area contributed by atoms with E-state index in [1.54, 1.807) is 14.0 Å².